The van der Waals surface area contributed by atoms with Gasteiger partial charge in [0.25, 0.3) is 0 Å². The van der Waals surface area contributed by atoms with Crippen LogP contribution in [0.15, 0.2) is 0 Å². The molecule has 1 atom stereocenters. The molecule has 19 heavy (non-hydrogen) atoms. The first kappa shape index (κ1) is 18.0. The number of hydrogen-bond donors (Lipinski definition) is 2. The Hall–Kier alpha value is -0.980. The third-order valence-electron chi connectivity index (χ3n) is 2.76. The lowest BCUT2D eigenvalue weighted by atomic mass is 9.97. The second-order valence-electron chi connectivity index (χ2n) is 5.67. The van der Waals surface area contributed by atoms with Gasteiger partial charge in [-0.05, 0) is 25.9 Å². The number of esters is 1. The van der Waals surface area contributed by atoms with Crippen molar-refractivity contribution in [3.63, 3.8) is 0 Å². The lowest BCUT2D eigenvalue weighted by Crippen LogP contribution is -2.39. The summed E-state index contributed by atoms with van der Waals surface area (Å²) >= 11 is 0. The van der Waals surface area contributed by atoms with Crippen LogP contribution < -0.4 is 11.5 Å². The number of rotatable bonds is 10. The summed E-state index contributed by atoms with van der Waals surface area (Å²) in [4.78, 5) is 23.8. The van der Waals surface area contributed by atoms with Gasteiger partial charge < -0.3 is 20.7 Å². The van der Waals surface area contributed by atoms with E-state index < -0.39 is 11.9 Å². The molecule has 0 aromatic heterocycles. The Kier molecular flexibility index (Phi) is 8.54. The van der Waals surface area contributed by atoms with Crippen LogP contribution >= 0.6 is 0 Å². The monoisotopic (exact) mass is 274 g/mol. The maximum absolute atomic E-state index is 11.9. The highest BCUT2D eigenvalue weighted by atomic mass is 16.5. The Morgan fingerprint density at radius 2 is 1.79 bits per heavy atom. The largest absolute Gasteiger partial charge is 0.459 e. The van der Waals surface area contributed by atoms with Crippen LogP contribution in [0, 0.1) is 5.92 Å². The third-order valence-corrected chi connectivity index (χ3v) is 2.76. The molecule has 0 saturated carbocycles. The third kappa shape index (κ3) is 8.69. The maximum Gasteiger partial charge on any atom is 0.316 e. The number of Topliss-reactive ketones (excluding diaryl/α,β-unsaturated/α-hetero) is 1. The van der Waals surface area contributed by atoms with Gasteiger partial charge in [-0.2, -0.15) is 0 Å². The van der Waals surface area contributed by atoms with Crippen molar-refractivity contribution in [1.82, 2.24) is 0 Å². The molecular formula is C13H28N3O3+. The molecule has 0 heterocycles. The Bertz CT molecular complexity index is 287. The summed E-state index contributed by atoms with van der Waals surface area (Å²) in [6.45, 7) is 1.76. The number of hydrogen-bond acceptors (Lipinski definition) is 5. The summed E-state index contributed by atoms with van der Waals surface area (Å²) < 4.78 is 5.88. The summed E-state index contributed by atoms with van der Waals surface area (Å²) in [5.74, 6) is -1.31. The first-order valence-electron chi connectivity index (χ1n) is 6.71. The van der Waals surface area contributed by atoms with Gasteiger partial charge in [0.1, 0.15) is 24.9 Å². The van der Waals surface area contributed by atoms with E-state index in [1.54, 1.807) is 0 Å². The summed E-state index contributed by atoms with van der Waals surface area (Å²) in [6, 6.07) is 0. The second-order valence-corrected chi connectivity index (χ2v) is 5.67. The Morgan fingerprint density at radius 3 is 2.26 bits per heavy atom. The summed E-state index contributed by atoms with van der Waals surface area (Å²) in [7, 11) is 6.03. The zero-order valence-corrected chi connectivity index (χ0v) is 12.4. The summed E-state index contributed by atoms with van der Waals surface area (Å²) in [5, 5.41) is 0. The fourth-order valence-electron chi connectivity index (χ4n) is 1.55. The van der Waals surface area contributed by atoms with Crippen molar-refractivity contribution in [2.45, 2.75) is 19.3 Å². The van der Waals surface area contributed by atoms with E-state index in [9.17, 15) is 9.59 Å². The van der Waals surface area contributed by atoms with Crippen LogP contribution in [0.2, 0.25) is 0 Å². The van der Waals surface area contributed by atoms with Crippen LogP contribution in [0.5, 0.6) is 0 Å². The van der Waals surface area contributed by atoms with Gasteiger partial charge in [-0.15, -0.1) is 0 Å². The smallest absolute Gasteiger partial charge is 0.316 e. The molecule has 0 rings (SSSR count). The van der Waals surface area contributed by atoms with Crippen LogP contribution in [-0.2, 0) is 14.3 Å². The molecule has 0 aromatic rings. The van der Waals surface area contributed by atoms with Crippen molar-refractivity contribution in [2.75, 3.05) is 47.4 Å². The highest BCUT2D eigenvalue weighted by molar-refractivity contribution is 5.98. The normalized spacial score (nSPS) is 13.1. The average molecular weight is 274 g/mol. The van der Waals surface area contributed by atoms with Gasteiger partial charge in [-0.1, -0.05) is 0 Å². The molecule has 0 amide bonds. The highest BCUT2D eigenvalue weighted by Crippen LogP contribution is 2.10. The molecule has 0 bridgehead atoms. The lowest BCUT2D eigenvalue weighted by molar-refractivity contribution is -0.870. The fourth-order valence-corrected chi connectivity index (χ4v) is 1.55. The van der Waals surface area contributed by atoms with E-state index in [0.29, 0.717) is 50.0 Å². The van der Waals surface area contributed by atoms with Gasteiger partial charge >= 0.3 is 5.97 Å². The second kappa shape index (κ2) is 9.01. The Labute approximate surface area is 115 Å². The van der Waals surface area contributed by atoms with Gasteiger partial charge in [0.2, 0.25) is 0 Å². The van der Waals surface area contributed by atoms with Gasteiger partial charge in [-0.3, -0.25) is 9.59 Å². The number of likely N-dealkylation sites (N-methyl/N-ethyl adjacent to an activating group) is 1. The van der Waals surface area contributed by atoms with E-state index in [-0.39, 0.29) is 5.78 Å². The van der Waals surface area contributed by atoms with Crippen LogP contribution in [-0.4, -0.2) is 63.6 Å². The van der Waals surface area contributed by atoms with Crippen LogP contribution in [0.25, 0.3) is 0 Å². The minimum atomic E-state index is -0.732. The minimum absolute atomic E-state index is 0.119. The Morgan fingerprint density at radius 1 is 1.16 bits per heavy atom. The predicted molar refractivity (Wildman–Crippen MR) is 74.3 cm³/mol. The quantitative estimate of drug-likeness (QED) is 0.318. The Balaban J connectivity index is 4.28. The zero-order chi connectivity index (χ0) is 14.9. The molecule has 0 fully saturated rings. The van der Waals surface area contributed by atoms with Gasteiger partial charge in [0.05, 0.1) is 21.1 Å². The van der Waals surface area contributed by atoms with E-state index in [0.717, 1.165) is 0 Å². The number of nitrogens with zero attached hydrogens (tertiary/aromatic N) is 1. The summed E-state index contributed by atoms with van der Waals surface area (Å²) in [6.07, 6.45) is 1.24. The molecule has 4 N–H and O–H groups in total. The van der Waals surface area contributed by atoms with Crippen molar-refractivity contribution in [3.05, 3.63) is 0 Å². The zero-order valence-electron chi connectivity index (χ0n) is 12.4. The molecule has 0 aliphatic rings. The van der Waals surface area contributed by atoms with Crippen LogP contribution in [0.1, 0.15) is 19.3 Å². The molecule has 112 valence electrons. The SMILES string of the molecule is C[N+](C)(C)CCOC(=O)C(CCN)C(=O)CCCN. The van der Waals surface area contributed by atoms with Crippen molar-refractivity contribution < 1.29 is 18.8 Å². The average Bonchev–Trinajstić information content (AvgIpc) is 2.31. The van der Waals surface area contributed by atoms with Crippen molar-refractivity contribution in [2.24, 2.45) is 17.4 Å². The molecule has 6 heteroatoms. The van der Waals surface area contributed by atoms with E-state index in [1.165, 1.54) is 0 Å². The molecule has 0 aliphatic carbocycles. The predicted octanol–water partition coefficient (Wildman–Crippen LogP) is -0.491. The van der Waals surface area contributed by atoms with Gasteiger partial charge in [0.15, 0.2) is 0 Å². The number of ketones is 1. The molecular weight excluding hydrogens is 246 g/mol. The molecule has 1 unspecified atom stereocenters. The fraction of sp³-hybridized carbons (Fsp3) is 0.846. The van der Waals surface area contributed by atoms with Crippen molar-refractivity contribution in [1.29, 1.82) is 0 Å². The lowest BCUT2D eigenvalue weighted by Gasteiger charge is -2.24. The maximum atomic E-state index is 11.9. The van der Waals surface area contributed by atoms with Crippen LogP contribution in [0.3, 0.4) is 0 Å². The van der Waals surface area contributed by atoms with E-state index >= 15 is 0 Å². The van der Waals surface area contributed by atoms with Crippen molar-refractivity contribution >= 4 is 11.8 Å². The molecule has 0 spiro atoms. The van der Waals surface area contributed by atoms with E-state index in [4.69, 9.17) is 16.2 Å². The molecule has 0 aromatic carbocycles. The highest BCUT2D eigenvalue weighted by Gasteiger charge is 2.27. The van der Waals surface area contributed by atoms with Gasteiger partial charge in [-0.25, -0.2) is 0 Å². The first-order valence-corrected chi connectivity index (χ1v) is 6.71. The molecule has 6 nitrogen and oxygen atoms in total. The molecule has 0 aliphatic heterocycles. The molecule has 0 saturated heterocycles. The number of carbonyl (C=O) groups is 2. The molecule has 0 radical (unpaired) electrons. The minimum Gasteiger partial charge on any atom is -0.459 e. The number of carbonyl (C=O) groups excluding carboxylic acids is 2. The summed E-state index contributed by atoms with van der Waals surface area (Å²) in [5.41, 5.74) is 10.8. The van der Waals surface area contributed by atoms with E-state index in [1.807, 2.05) is 21.1 Å². The standard InChI is InChI=1S/C13H28N3O3/c1-16(2,3)9-10-19-13(18)11(6-8-15)12(17)5-4-7-14/h11H,4-10,14-15H2,1-3H3/q+1. The topological polar surface area (TPSA) is 95.4 Å². The van der Waals surface area contributed by atoms with E-state index in [2.05, 4.69) is 0 Å². The number of ether oxygens (including phenoxy) is 1. The van der Waals surface area contributed by atoms with Gasteiger partial charge in [0, 0.05) is 6.42 Å². The van der Waals surface area contributed by atoms with Crippen molar-refractivity contribution in [3.8, 4) is 0 Å². The van der Waals surface area contributed by atoms with Crippen LogP contribution in [0.4, 0.5) is 0 Å². The number of nitrogens with two attached hydrogens (primary N) is 2. The number of quaternary nitrogens is 1. The first-order chi connectivity index (χ1) is 8.81.